The maximum atomic E-state index is 5.83. The second-order valence-corrected chi connectivity index (χ2v) is 6.07. The van der Waals surface area contributed by atoms with Crippen LogP contribution in [-0.2, 0) is 12.8 Å². The zero-order chi connectivity index (χ0) is 16.2. The van der Waals surface area contributed by atoms with Crippen molar-refractivity contribution in [2.45, 2.75) is 26.2 Å². The minimum Gasteiger partial charge on any atom is -0.496 e. The van der Waals surface area contributed by atoms with Gasteiger partial charge < -0.3 is 15.4 Å². The number of hydrogen-bond donors (Lipinski definition) is 1. The van der Waals surface area contributed by atoms with E-state index < -0.39 is 0 Å². The van der Waals surface area contributed by atoms with Crippen molar-refractivity contribution in [1.29, 1.82) is 0 Å². The minimum atomic E-state index is 0.532. The molecule has 1 aliphatic heterocycles. The first-order valence-corrected chi connectivity index (χ1v) is 8.36. The van der Waals surface area contributed by atoms with Crippen LogP contribution in [0.4, 0.5) is 5.82 Å². The van der Waals surface area contributed by atoms with E-state index in [0.717, 1.165) is 36.4 Å². The van der Waals surface area contributed by atoms with E-state index in [9.17, 15) is 0 Å². The molecule has 23 heavy (non-hydrogen) atoms. The van der Waals surface area contributed by atoms with E-state index >= 15 is 0 Å². The molecule has 1 aromatic carbocycles. The van der Waals surface area contributed by atoms with Gasteiger partial charge in [0.15, 0.2) is 0 Å². The number of benzene rings is 1. The van der Waals surface area contributed by atoms with Crippen molar-refractivity contribution in [2.75, 3.05) is 32.5 Å². The van der Waals surface area contributed by atoms with Crippen molar-refractivity contribution in [3.63, 3.8) is 0 Å². The van der Waals surface area contributed by atoms with Crippen molar-refractivity contribution in [3.8, 4) is 17.0 Å². The lowest BCUT2D eigenvalue weighted by Gasteiger charge is -2.31. The number of likely N-dealkylation sites (tertiary alicyclic amines) is 1. The van der Waals surface area contributed by atoms with Gasteiger partial charge in [0.05, 0.1) is 12.8 Å². The molecule has 122 valence electrons. The maximum Gasteiger partial charge on any atom is 0.128 e. The number of nitrogen functional groups attached to an aromatic ring is 1. The molecule has 1 aromatic heterocycles. The lowest BCUT2D eigenvalue weighted by Crippen LogP contribution is -2.38. The number of aromatic nitrogens is 1. The van der Waals surface area contributed by atoms with Gasteiger partial charge in [0.2, 0.25) is 0 Å². The molecular formula is C19H25N3O. The van der Waals surface area contributed by atoms with E-state index in [0.29, 0.717) is 5.82 Å². The van der Waals surface area contributed by atoms with Crippen molar-refractivity contribution in [3.05, 3.63) is 41.5 Å². The molecule has 0 saturated carbocycles. The molecule has 3 rings (SSSR count). The summed E-state index contributed by atoms with van der Waals surface area (Å²) in [4.78, 5) is 6.94. The third kappa shape index (κ3) is 3.48. The Morgan fingerprint density at radius 3 is 2.65 bits per heavy atom. The summed E-state index contributed by atoms with van der Waals surface area (Å²) in [5, 5.41) is 0. The number of ether oxygens (including phenoxy) is 1. The van der Waals surface area contributed by atoms with Gasteiger partial charge in [-0.15, -0.1) is 0 Å². The summed E-state index contributed by atoms with van der Waals surface area (Å²) in [7, 11) is 1.72. The Labute approximate surface area is 138 Å². The van der Waals surface area contributed by atoms with Crippen molar-refractivity contribution < 1.29 is 4.74 Å². The maximum absolute atomic E-state index is 5.83. The highest BCUT2D eigenvalue weighted by molar-refractivity contribution is 5.70. The van der Waals surface area contributed by atoms with Crippen LogP contribution in [0.1, 0.15) is 24.5 Å². The molecule has 0 aliphatic carbocycles. The highest BCUT2D eigenvalue weighted by atomic mass is 16.5. The number of pyridine rings is 1. The van der Waals surface area contributed by atoms with E-state index in [1.807, 2.05) is 12.1 Å². The van der Waals surface area contributed by atoms with E-state index in [2.05, 4.69) is 28.9 Å². The van der Waals surface area contributed by atoms with Crippen LogP contribution in [-0.4, -0.2) is 36.6 Å². The third-order valence-electron chi connectivity index (χ3n) is 4.60. The molecular weight excluding hydrogens is 286 g/mol. The molecule has 1 fully saturated rings. The van der Waals surface area contributed by atoms with Crippen molar-refractivity contribution >= 4 is 5.82 Å². The number of hydrogen-bond acceptors (Lipinski definition) is 4. The molecule has 0 amide bonds. The molecule has 0 bridgehead atoms. The van der Waals surface area contributed by atoms with Crippen LogP contribution >= 0.6 is 0 Å². The molecule has 0 unspecified atom stereocenters. The van der Waals surface area contributed by atoms with Gasteiger partial charge in [0.1, 0.15) is 11.6 Å². The molecule has 0 atom stereocenters. The van der Waals surface area contributed by atoms with Gasteiger partial charge in [-0.3, -0.25) is 0 Å². The summed E-state index contributed by atoms with van der Waals surface area (Å²) >= 11 is 0. The van der Waals surface area contributed by atoms with Crippen molar-refractivity contribution in [1.82, 2.24) is 9.88 Å². The first-order chi connectivity index (χ1) is 11.2. The quantitative estimate of drug-likeness (QED) is 0.890. The number of aryl methyl sites for hydroxylation is 1. The molecule has 4 nitrogen and oxygen atoms in total. The van der Waals surface area contributed by atoms with Crippen LogP contribution in [0.2, 0.25) is 0 Å². The summed E-state index contributed by atoms with van der Waals surface area (Å²) in [6, 6.07) is 10.1. The van der Waals surface area contributed by atoms with Crippen LogP contribution in [0, 0.1) is 0 Å². The van der Waals surface area contributed by atoms with Gasteiger partial charge in [-0.2, -0.15) is 0 Å². The summed E-state index contributed by atoms with van der Waals surface area (Å²) in [5.74, 6) is 1.41. The standard InChI is InChI=1S/C19H25N3O/c1-3-14-12-16(17-6-4-7-19(20)21-17)18(23-2)13-15(14)8-11-22-9-5-10-22/h4,6-7,12-13H,3,5,8-11H2,1-2H3,(H2,20,21). The van der Waals surface area contributed by atoms with Gasteiger partial charge >= 0.3 is 0 Å². The van der Waals surface area contributed by atoms with Crippen LogP contribution in [0.5, 0.6) is 5.75 Å². The topological polar surface area (TPSA) is 51.4 Å². The zero-order valence-corrected chi connectivity index (χ0v) is 14.0. The SMILES string of the molecule is CCc1cc(-c2cccc(N)n2)c(OC)cc1CCN1CCC1. The largest absolute Gasteiger partial charge is 0.496 e. The van der Waals surface area contributed by atoms with Crippen LogP contribution in [0.3, 0.4) is 0 Å². The third-order valence-corrected chi connectivity index (χ3v) is 4.60. The molecule has 0 spiro atoms. The Morgan fingerprint density at radius 2 is 2.04 bits per heavy atom. The number of nitrogens with zero attached hydrogens (tertiary/aromatic N) is 2. The van der Waals surface area contributed by atoms with E-state index in [-0.39, 0.29) is 0 Å². The van der Waals surface area contributed by atoms with Crippen LogP contribution in [0.15, 0.2) is 30.3 Å². The summed E-state index contributed by atoms with van der Waals surface area (Å²) in [6.45, 7) is 5.81. The number of methoxy groups -OCH3 is 1. The summed E-state index contributed by atoms with van der Waals surface area (Å²) < 4.78 is 5.63. The molecule has 2 heterocycles. The lowest BCUT2D eigenvalue weighted by atomic mass is 9.96. The fourth-order valence-electron chi connectivity index (χ4n) is 3.08. The molecule has 1 aliphatic rings. The van der Waals surface area contributed by atoms with E-state index in [4.69, 9.17) is 10.5 Å². The first kappa shape index (κ1) is 15.8. The zero-order valence-electron chi connectivity index (χ0n) is 14.0. The second kappa shape index (κ2) is 7.01. The average molecular weight is 311 g/mol. The normalized spacial score (nSPS) is 14.5. The molecule has 4 heteroatoms. The fraction of sp³-hybridized carbons (Fsp3) is 0.421. The smallest absolute Gasteiger partial charge is 0.128 e. The van der Waals surface area contributed by atoms with Gasteiger partial charge in [-0.25, -0.2) is 4.98 Å². The molecule has 2 N–H and O–H groups in total. The fourth-order valence-corrected chi connectivity index (χ4v) is 3.08. The van der Waals surface area contributed by atoms with Gasteiger partial charge in [-0.1, -0.05) is 13.0 Å². The molecule has 1 saturated heterocycles. The number of nitrogens with two attached hydrogens (primary N) is 1. The number of rotatable bonds is 6. The first-order valence-electron chi connectivity index (χ1n) is 8.36. The highest BCUT2D eigenvalue weighted by Gasteiger charge is 2.16. The van der Waals surface area contributed by atoms with Crippen LogP contribution in [0.25, 0.3) is 11.3 Å². The van der Waals surface area contributed by atoms with Crippen molar-refractivity contribution in [2.24, 2.45) is 0 Å². The second-order valence-electron chi connectivity index (χ2n) is 6.07. The molecule has 2 aromatic rings. The minimum absolute atomic E-state index is 0.532. The monoisotopic (exact) mass is 311 g/mol. The van der Waals surface area contributed by atoms with Gasteiger partial charge in [0.25, 0.3) is 0 Å². The Hall–Kier alpha value is -2.07. The predicted octanol–water partition coefficient (Wildman–Crippen LogP) is 3.15. The Morgan fingerprint density at radius 1 is 1.22 bits per heavy atom. The van der Waals surface area contributed by atoms with Crippen LogP contribution < -0.4 is 10.5 Å². The highest BCUT2D eigenvalue weighted by Crippen LogP contribution is 2.33. The average Bonchev–Trinajstić information content (AvgIpc) is 2.52. The van der Waals surface area contributed by atoms with E-state index in [1.165, 1.54) is 30.6 Å². The Bertz CT molecular complexity index is 680. The Kier molecular flexibility index (Phi) is 4.82. The summed E-state index contributed by atoms with van der Waals surface area (Å²) in [5.41, 5.74) is 10.5. The predicted molar refractivity (Wildman–Crippen MR) is 94.8 cm³/mol. The van der Waals surface area contributed by atoms with Gasteiger partial charge in [-0.05, 0) is 67.7 Å². The lowest BCUT2D eigenvalue weighted by molar-refractivity contribution is 0.184. The molecule has 0 radical (unpaired) electrons. The van der Waals surface area contributed by atoms with Gasteiger partial charge in [0, 0.05) is 12.1 Å². The summed E-state index contributed by atoms with van der Waals surface area (Å²) in [6.07, 6.45) is 3.42. The van der Waals surface area contributed by atoms with E-state index in [1.54, 1.807) is 13.2 Å². The number of anilines is 1. The Balaban J connectivity index is 1.93.